The van der Waals surface area contributed by atoms with Gasteiger partial charge in [-0.25, -0.2) is 14.8 Å². The molecule has 1 aromatic carbocycles. The number of hydrogen-bond donors (Lipinski definition) is 1. The Balaban J connectivity index is 0.00000176. The number of halogens is 3. The molecule has 9 heteroatoms. The van der Waals surface area contributed by atoms with Gasteiger partial charge in [-0.05, 0) is 48.4 Å². The molecule has 2 aromatic heterocycles. The number of alkyl halides is 3. The maximum Gasteiger partial charge on any atom is 0.417 e. The molecule has 4 rings (SSSR count). The number of methoxy groups -OCH3 is 1. The molecule has 0 spiro atoms. The minimum atomic E-state index is -4.63. The molecule has 192 valence electrons. The number of thiazole rings is 1. The van der Waals surface area contributed by atoms with Crippen molar-refractivity contribution in [1.29, 1.82) is 0 Å². The number of fused-ring (bicyclic) bond motifs is 1. The lowest BCUT2D eigenvalue weighted by Crippen LogP contribution is -2.12. The van der Waals surface area contributed by atoms with Gasteiger partial charge < -0.3 is 10.1 Å². The standard InChI is InChI=1S/C25H24F3N3O2S.C2H6/c1-14(2)10-20-21(17-9-8-15-6-4-5-7-16(15)11-17)30-24(34-20)31-22-19(23(32)33-3)12-18(13-29-22)25(26,27)28;1-2/h5,7-9,11-14H,4,6,10H2,1-3H3,(H,29,30,31);1-2H3. The molecule has 2 heterocycles. The molecule has 0 bridgehead atoms. The largest absolute Gasteiger partial charge is 0.465 e. The Hall–Kier alpha value is -3.20. The van der Waals surface area contributed by atoms with Crippen molar-refractivity contribution in [3.05, 3.63) is 63.7 Å². The number of ether oxygens (including phenoxy) is 1. The molecule has 1 aliphatic rings. The summed E-state index contributed by atoms with van der Waals surface area (Å²) in [4.78, 5) is 21.8. The van der Waals surface area contributed by atoms with E-state index in [1.54, 1.807) is 0 Å². The highest BCUT2D eigenvalue weighted by molar-refractivity contribution is 7.16. The summed E-state index contributed by atoms with van der Waals surface area (Å²) in [5.74, 6) is -0.578. The molecule has 0 saturated carbocycles. The summed E-state index contributed by atoms with van der Waals surface area (Å²) in [5, 5.41) is 3.39. The number of nitrogens with zero attached hydrogens (tertiary/aromatic N) is 2. The van der Waals surface area contributed by atoms with Crippen LogP contribution in [0.3, 0.4) is 0 Å². The first-order valence-electron chi connectivity index (χ1n) is 11.9. The summed E-state index contributed by atoms with van der Waals surface area (Å²) >= 11 is 1.40. The normalized spacial score (nSPS) is 12.6. The third kappa shape index (κ3) is 6.32. The average Bonchev–Trinajstić information content (AvgIpc) is 3.25. The molecule has 0 atom stereocenters. The van der Waals surface area contributed by atoms with E-state index in [9.17, 15) is 18.0 Å². The fourth-order valence-corrected chi connectivity index (χ4v) is 5.00. The topological polar surface area (TPSA) is 64.1 Å². The number of pyridine rings is 1. The SMILES string of the molecule is CC.COC(=O)c1cc(C(F)(F)F)cnc1Nc1nc(-c2ccc3c(c2)C=CCC3)c(CC(C)C)s1. The second kappa shape index (κ2) is 11.7. The summed E-state index contributed by atoms with van der Waals surface area (Å²) in [6.07, 6.45) is 3.14. The van der Waals surface area contributed by atoms with Crippen molar-refractivity contribution in [1.82, 2.24) is 9.97 Å². The number of hydrogen-bond acceptors (Lipinski definition) is 6. The zero-order valence-corrected chi connectivity index (χ0v) is 21.8. The van der Waals surface area contributed by atoms with Crippen LogP contribution in [0.15, 0.2) is 36.5 Å². The maximum atomic E-state index is 13.2. The van der Waals surface area contributed by atoms with E-state index < -0.39 is 17.7 Å². The molecular formula is C27H30F3N3O2S. The van der Waals surface area contributed by atoms with E-state index in [2.05, 4.69) is 59.2 Å². The average molecular weight is 518 g/mol. The van der Waals surface area contributed by atoms with Crippen molar-refractivity contribution < 1.29 is 22.7 Å². The summed E-state index contributed by atoms with van der Waals surface area (Å²) in [6.45, 7) is 8.22. The van der Waals surface area contributed by atoms with Crippen molar-refractivity contribution in [3.8, 4) is 11.3 Å². The van der Waals surface area contributed by atoms with Crippen LogP contribution in [0.5, 0.6) is 0 Å². The zero-order chi connectivity index (χ0) is 26.5. The van der Waals surface area contributed by atoms with Gasteiger partial charge in [0.25, 0.3) is 0 Å². The predicted octanol–water partition coefficient (Wildman–Crippen LogP) is 7.94. The number of anilines is 2. The number of nitrogens with one attached hydrogen (secondary N) is 1. The predicted molar refractivity (Wildman–Crippen MR) is 139 cm³/mol. The van der Waals surface area contributed by atoms with Gasteiger partial charge in [-0.3, -0.25) is 0 Å². The van der Waals surface area contributed by atoms with Crippen molar-refractivity contribution in [2.45, 2.75) is 53.1 Å². The van der Waals surface area contributed by atoms with E-state index in [-0.39, 0.29) is 11.4 Å². The van der Waals surface area contributed by atoms with Gasteiger partial charge in [-0.15, -0.1) is 11.3 Å². The summed E-state index contributed by atoms with van der Waals surface area (Å²) in [7, 11) is 1.11. The Morgan fingerprint density at radius 3 is 2.64 bits per heavy atom. The van der Waals surface area contributed by atoms with Gasteiger partial charge in [0, 0.05) is 16.6 Å². The number of carbonyl (C=O) groups excluding carboxylic acids is 1. The number of rotatable bonds is 6. The molecule has 0 radical (unpaired) electrons. The van der Waals surface area contributed by atoms with E-state index in [1.807, 2.05) is 13.8 Å². The quantitative estimate of drug-likeness (QED) is 0.336. The molecule has 0 amide bonds. The summed E-state index contributed by atoms with van der Waals surface area (Å²) < 4.78 is 44.1. The fraction of sp³-hybridized carbons (Fsp3) is 0.370. The van der Waals surface area contributed by atoms with Gasteiger partial charge in [0.1, 0.15) is 11.4 Å². The minimum Gasteiger partial charge on any atom is -0.465 e. The molecule has 0 aliphatic heterocycles. The Bertz CT molecular complexity index is 1250. The van der Waals surface area contributed by atoms with Gasteiger partial charge in [0.2, 0.25) is 0 Å². The second-order valence-electron chi connectivity index (χ2n) is 8.48. The third-order valence-corrected chi connectivity index (χ3v) is 6.43. The molecule has 0 fully saturated rings. The van der Waals surface area contributed by atoms with Gasteiger partial charge in [0.05, 0.1) is 18.4 Å². The minimum absolute atomic E-state index is 0.0374. The monoisotopic (exact) mass is 517 g/mol. The molecule has 0 unspecified atom stereocenters. The van der Waals surface area contributed by atoms with Crippen LogP contribution in [0.4, 0.5) is 24.1 Å². The van der Waals surface area contributed by atoms with Crippen LogP contribution >= 0.6 is 11.3 Å². The molecule has 0 saturated heterocycles. The van der Waals surface area contributed by atoms with E-state index in [1.165, 1.54) is 22.5 Å². The number of carbonyl (C=O) groups is 1. The van der Waals surface area contributed by atoms with E-state index >= 15 is 0 Å². The van der Waals surface area contributed by atoms with E-state index in [0.29, 0.717) is 17.2 Å². The number of aryl methyl sites for hydroxylation is 1. The summed E-state index contributed by atoms with van der Waals surface area (Å²) in [6, 6.07) is 7.02. The maximum absolute atomic E-state index is 13.2. The third-order valence-electron chi connectivity index (χ3n) is 5.43. The lowest BCUT2D eigenvalue weighted by Gasteiger charge is -2.12. The van der Waals surface area contributed by atoms with Crippen molar-refractivity contribution in [3.63, 3.8) is 0 Å². The van der Waals surface area contributed by atoms with Crippen molar-refractivity contribution in [2.75, 3.05) is 12.4 Å². The smallest absolute Gasteiger partial charge is 0.417 e. The lowest BCUT2D eigenvalue weighted by atomic mass is 9.94. The van der Waals surface area contributed by atoms with Gasteiger partial charge in [-0.1, -0.05) is 52.0 Å². The Labute approximate surface area is 213 Å². The first kappa shape index (κ1) is 27.4. The first-order chi connectivity index (χ1) is 17.2. The molecule has 3 aromatic rings. The highest BCUT2D eigenvalue weighted by Gasteiger charge is 2.33. The van der Waals surface area contributed by atoms with Crippen LogP contribution < -0.4 is 5.32 Å². The Morgan fingerprint density at radius 1 is 1.22 bits per heavy atom. The molecular weight excluding hydrogens is 487 g/mol. The number of aromatic nitrogens is 2. The Morgan fingerprint density at radius 2 is 1.97 bits per heavy atom. The van der Waals surface area contributed by atoms with Crippen LogP contribution in [0, 0.1) is 5.92 Å². The molecule has 1 N–H and O–H groups in total. The van der Waals surface area contributed by atoms with Crippen LogP contribution in [0.1, 0.15) is 66.0 Å². The highest BCUT2D eigenvalue weighted by Crippen LogP contribution is 2.37. The molecule has 36 heavy (non-hydrogen) atoms. The van der Waals surface area contributed by atoms with Gasteiger partial charge >= 0.3 is 12.1 Å². The van der Waals surface area contributed by atoms with Crippen molar-refractivity contribution in [2.24, 2.45) is 5.92 Å². The van der Waals surface area contributed by atoms with Crippen molar-refractivity contribution >= 4 is 34.3 Å². The van der Waals surface area contributed by atoms with E-state index in [0.717, 1.165) is 48.6 Å². The van der Waals surface area contributed by atoms with Crippen LogP contribution in [0.25, 0.3) is 17.3 Å². The Kier molecular flexibility index (Phi) is 8.89. The fourth-order valence-electron chi connectivity index (χ4n) is 3.80. The number of allylic oxidation sites excluding steroid dienone is 1. The molecule has 1 aliphatic carbocycles. The highest BCUT2D eigenvalue weighted by atomic mass is 32.1. The second-order valence-corrected chi connectivity index (χ2v) is 9.56. The summed E-state index contributed by atoms with van der Waals surface area (Å²) in [5.41, 5.74) is 2.91. The number of esters is 1. The lowest BCUT2D eigenvalue weighted by molar-refractivity contribution is -0.137. The first-order valence-corrected chi connectivity index (χ1v) is 12.7. The molecule has 5 nitrogen and oxygen atoms in total. The van der Waals surface area contributed by atoms with Gasteiger partial charge in [0.15, 0.2) is 5.13 Å². The number of benzene rings is 1. The van der Waals surface area contributed by atoms with E-state index in [4.69, 9.17) is 4.98 Å². The van der Waals surface area contributed by atoms with Crippen LogP contribution in [0.2, 0.25) is 0 Å². The zero-order valence-electron chi connectivity index (χ0n) is 21.0. The van der Waals surface area contributed by atoms with Crippen LogP contribution in [-0.4, -0.2) is 23.0 Å². The van der Waals surface area contributed by atoms with Crippen LogP contribution in [-0.2, 0) is 23.8 Å². The van der Waals surface area contributed by atoms with Gasteiger partial charge in [-0.2, -0.15) is 13.2 Å².